The smallest absolute Gasteiger partial charge is 0.462 e. The number of phosphoric acid groups is 1. The van der Waals surface area contributed by atoms with Crippen LogP contribution in [0.25, 0.3) is 0 Å². The first-order valence-electron chi connectivity index (χ1n) is 18.5. The molecule has 0 bridgehead atoms. The van der Waals surface area contributed by atoms with Crippen molar-refractivity contribution in [2.75, 3.05) is 13.2 Å². The summed E-state index contributed by atoms with van der Waals surface area (Å²) < 4.78 is 26.3. The Kier molecular flexibility index (Phi) is 31.8. The molecule has 9 heteroatoms. The maximum atomic E-state index is 12.3. The average Bonchev–Trinajstić information content (AvgIpc) is 3.00. The Labute approximate surface area is 276 Å². The van der Waals surface area contributed by atoms with Gasteiger partial charge in [0.2, 0.25) is 0 Å². The summed E-state index contributed by atoms with van der Waals surface area (Å²) in [4.78, 5) is 42.6. The Bertz CT molecular complexity index is 751. The molecule has 266 valence electrons. The van der Waals surface area contributed by atoms with E-state index < -0.39 is 32.5 Å². The summed E-state index contributed by atoms with van der Waals surface area (Å²) in [6, 6.07) is 0. The van der Waals surface area contributed by atoms with Gasteiger partial charge in [-0.1, -0.05) is 148 Å². The van der Waals surface area contributed by atoms with Crippen molar-refractivity contribution < 1.29 is 37.9 Å². The predicted molar refractivity (Wildman–Crippen MR) is 184 cm³/mol. The Balaban J connectivity index is 3.96. The van der Waals surface area contributed by atoms with Crippen LogP contribution in [-0.2, 0) is 28.2 Å². The fourth-order valence-corrected chi connectivity index (χ4v) is 5.61. The van der Waals surface area contributed by atoms with E-state index in [-0.39, 0.29) is 19.4 Å². The Hall–Kier alpha value is -1.21. The van der Waals surface area contributed by atoms with Crippen LogP contribution < -0.4 is 0 Å². The summed E-state index contributed by atoms with van der Waals surface area (Å²) in [6.45, 7) is 3.66. The second-order valence-electron chi connectivity index (χ2n) is 12.6. The summed E-state index contributed by atoms with van der Waals surface area (Å²) in [5.41, 5.74) is 0. The fraction of sp³-hybridized carbons (Fsp3) is 0.889. The third kappa shape index (κ3) is 35.5. The summed E-state index contributed by atoms with van der Waals surface area (Å²) >= 11 is 0. The highest BCUT2D eigenvalue weighted by atomic mass is 31.2. The summed E-state index contributed by atoms with van der Waals surface area (Å²) in [5, 5.41) is 0. The van der Waals surface area contributed by atoms with Crippen LogP contribution in [0.4, 0.5) is 0 Å². The predicted octanol–water partition coefficient (Wildman–Crippen LogP) is 10.7. The van der Waals surface area contributed by atoms with Crippen molar-refractivity contribution in [1.29, 1.82) is 0 Å². The maximum Gasteiger partial charge on any atom is 0.469 e. The van der Waals surface area contributed by atoms with Crippen LogP contribution in [0.5, 0.6) is 0 Å². The first-order valence-corrected chi connectivity index (χ1v) is 20.0. The standard InChI is InChI=1S/C36H69O8P/c1-3-5-7-9-11-13-15-17-19-21-23-25-27-29-31-36(38)44-34(33-43-45(39,40)41)32-42-35(37)30-28-26-24-22-20-18-16-14-12-10-8-6-4-2/h14,16,34H,3-13,15,17-33H2,1-2H3,(H2,39,40,41)/b16-14+/t34-/m1/s1. The number of esters is 2. The van der Waals surface area contributed by atoms with Crippen molar-refractivity contribution in [1.82, 2.24) is 0 Å². The number of allylic oxidation sites excluding steroid dienone is 2. The van der Waals surface area contributed by atoms with E-state index in [0.29, 0.717) is 12.8 Å². The van der Waals surface area contributed by atoms with Gasteiger partial charge >= 0.3 is 19.8 Å². The molecule has 0 aromatic carbocycles. The van der Waals surface area contributed by atoms with Crippen LogP contribution in [0.3, 0.4) is 0 Å². The van der Waals surface area contributed by atoms with Crippen LogP contribution in [0.2, 0.25) is 0 Å². The number of carbonyl (C=O) groups excluding carboxylic acids is 2. The molecular formula is C36H69O8P. The Morgan fingerprint density at radius 1 is 0.556 bits per heavy atom. The lowest BCUT2D eigenvalue weighted by molar-refractivity contribution is -0.161. The van der Waals surface area contributed by atoms with Crippen molar-refractivity contribution in [2.45, 2.75) is 193 Å². The number of phosphoric ester groups is 1. The quantitative estimate of drug-likeness (QED) is 0.0303. The monoisotopic (exact) mass is 660 g/mol. The molecule has 2 N–H and O–H groups in total. The maximum absolute atomic E-state index is 12.3. The molecule has 0 aliphatic carbocycles. The topological polar surface area (TPSA) is 119 Å². The second-order valence-corrected chi connectivity index (χ2v) is 13.8. The van der Waals surface area contributed by atoms with Crippen LogP contribution in [0.15, 0.2) is 12.2 Å². The number of hydrogen-bond donors (Lipinski definition) is 2. The molecular weight excluding hydrogens is 591 g/mol. The number of unbranched alkanes of at least 4 members (excludes halogenated alkanes) is 22. The van der Waals surface area contributed by atoms with Crippen LogP contribution in [0, 0.1) is 0 Å². The van der Waals surface area contributed by atoms with E-state index >= 15 is 0 Å². The molecule has 0 unspecified atom stereocenters. The molecule has 0 fully saturated rings. The molecule has 0 amide bonds. The zero-order valence-electron chi connectivity index (χ0n) is 29.0. The van der Waals surface area contributed by atoms with Gasteiger partial charge in [-0.15, -0.1) is 0 Å². The summed E-state index contributed by atoms with van der Waals surface area (Å²) in [6.07, 6.45) is 33.6. The molecule has 8 nitrogen and oxygen atoms in total. The molecule has 0 saturated heterocycles. The molecule has 0 rings (SSSR count). The third-order valence-corrected chi connectivity index (χ3v) is 8.52. The fourth-order valence-electron chi connectivity index (χ4n) is 5.25. The Morgan fingerprint density at radius 3 is 1.38 bits per heavy atom. The van der Waals surface area contributed by atoms with Crippen molar-refractivity contribution in [2.24, 2.45) is 0 Å². The van der Waals surface area contributed by atoms with E-state index in [0.717, 1.165) is 51.4 Å². The van der Waals surface area contributed by atoms with Crippen molar-refractivity contribution in [3.05, 3.63) is 12.2 Å². The minimum Gasteiger partial charge on any atom is -0.462 e. The van der Waals surface area contributed by atoms with E-state index in [9.17, 15) is 14.2 Å². The molecule has 0 spiro atoms. The van der Waals surface area contributed by atoms with Crippen molar-refractivity contribution in [3.63, 3.8) is 0 Å². The van der Waals surface area contributed by atoms with Crippen molar-refractivity contribution in [3.8, 4) is 0 Å². The van der Waals surface area contributed by atoms with Crippen molar-refractivity contribution >= 4 is 19.8 Å². The van der Waals surface area contributed by atoms with Gasteiger partial charge in [0, 0.05) is 12.8 Å². The van der Waals surface area contributed by atoms with Gasteiger partial charge in [0.05, 0.1) is 6.61 Å². The minimum absolute atomic E-state index is 0.215. The van der Waals surface area contributed by atoms with Crippen LogP contribution in [0.1, 0.15) is 187 Å². The summed E-state index contributed by atoms with van der Waals surface area (Å²) in [7, 11) is -4.74. The van der Waals surface area contributed by atoms with Gasteiger partial charge in [0.1, 0.15) is 6.61 Å². The third-order valence-electron chi connectivity index (χ3n) is 8.03. The lowest BCUT2D eigenvalue weighted by Crippen LogP contribution is -2.29. The van der Waals surface area contributed by atoms with Gasteiger partial charge in [0.25, 0.3) is 0 Å². The van der Waals surface area contributed by atoms with Gasteiger partial charge in [-0.05, 0) is 38.5 Å². The van der Waals surface area contributed by atoms with E-state index in [2.05, 4.69) is 30.5 Å². The van der Waals surface area contributed by atoms with Gasteiger partial charge in [-0.3, -0.25) is 14.1 Å². The van der Waals surface area contributed by atoms with Crippen LogP contribution >= 0.6 is 7.82 Å². The van der Waals surface area contributed by atoms with E-state index in [1.807, 2.05) is 0 Å². The number of rotatable bonds is 34. The number of hydrogen-bond acceptors (Lipinski definition) is 6. The zero-order valence-corrected chi connectivity index (χ0v) is 29.9. The van der Waals surface area contributed by atoms with Gasteiger partial charge in [0.15, 0.2) is 6.10 Å². The number of carbonyl (C=O) groups is 2. The molecule has 0 saturated carbocycles. The van der Waals surface area contributed by atoms with E-state index in [1.54, 1.807) is 0 Å². The second kappa shape index (κ2) is 32.7. The van der Waals surface area contributed by atoms with Gasteiger partial charge in [-0.2, -0.15) is 0 Å². The molecule has 1 atom stereocenters. The lowest BCUT2D eigenvalue weighted by atomic mass is 10.0. The number of ether oxygens (including phenoxy) is 2. The molecule has 0 aliphatic rings. The molecule has 0 radical (unpaired) electrons. The van der Waals surface area contributed by atoms with E-state index in [4.69, 9.17) is 19.3 Å². The molecule has 0 heterocycles. The first kappa shape index (κ1) is 43.8. The Morgan fingerprint density at radius 2 is 0.933 bits per heavy atom. The highest BCUT2D eigenvalue weighted by Gasteiger charge is 2.22. The van der Waals surface area contributed by atoms with Crippen LogP contribution in [-0.4, -0.2) is 41.0 Å². The van der Waals surface area contributed by atoms with E-state index in [1.165, 1.54) is 96.3 Å². The first-order chi connectivity index (χ1) is 21.8. The minimum atomic E-state index is -4.74. The highest BCUT2D eigenvalue weighted by molar-refractivity contribution is 7.46. The molecule has 0 aromatic rings. The largest absolute Gasteiger partial charge is 0.469 e. The van der Waals surface area contributed by atoms with Gasteiger partial charge in [-0.25, -0.2) is 4.57 Å². The molecule has 0 aromatic heterocycles. The lowest BCUT2D eigenvalue weighted by Gasteiger charge is -2.18. The normalized spacial score (nSPS) is 12.5. The highest BCUT2D eigenvalue weighted by Crippen LogP contribution is 2.36. The molecule has 0 aliphatic heterocycles. The summed E-state index contributed by atoms with van der Waals surface area (Å²) in [5.74, 6) is -0.888. The SMILES string of the molecule is CCCCCC/C=C/CCCCCCCC(=O)OC[C@H](COP(=O)(O)O)OC(=O)CCCCCCCCCCCCCCCC. The molecule has 45 heavy (non-hydrogen) atoms. The van der Waals surface area contributed by atoms with Gasteiger partial charge < -0.3 is 19.3 Å². The average molecular weight is 661 g/mol. The zero-order chi connectivity index (χ0) is 33.3.